The monoisotopic (exact) mass is 325 g/mol. The van der Waals surface area contributed by atoms with Crippen molar-refractivity contribution in [2.24, 2.45) is 0 Å². The molecule has 2 aromatic heterocycles. The van der Waals surface area contributed by atoms with Gasteiger partial charge in [0.2, 0.25) is 5.78 Å². The number of nitrogens with zero attached hydrogens (tertiary/aromatic N) is 2. The molecule has 0 aliphatic carbocycles. The van der Waals surface area contributed by atoms with E-state index >= 15 is 0 Å². The molecule has 0 aliphatic rings. The number of aromatic nitrogens is 3. The Morgan fingerprint density at radius 1 is 1.33 bits per heavy atom. The molecule has 2 heterocycles. The van der Waals surface area contributed by atoms with Gasteiger partial charge in [-0.2, -0.15) is 5.10 Å². The Kier molecular flexibility index (Phi) is 4.42. The average molecular weight is 325 g/mol. The molecule has 0 amide bonds. The largest absolute Gasteiger partial charge is 0.504 e. The van der Waals surface area contributed by atoms with Crippen LogP contribution in [0.4, 0.5) is 0 Å². The first-order valence-corrected chi connectivity index (χ1v) is 7.17. The number of carbonyl (C=O) groups is 1. The summed E-state index contributed by atoms with van der Waals surface area (Å²) in [5.41, 5.74) is 1.92. The van der Waals surface area contributed by atoms with Crippen LogP contribution in [0.2, 0.25) is 0 Å². The van der Waals surface area contributed by atoms with Crippen LogP contribution in [0.5, 0.6) is 5.75 Å². The minimum atomic E-state index is -0.454. The minimum Gasteiger partial charge on any atom is -0.504 e. The fraction of sp³-hybridized carbons (Fsp3) is 0.118. The molecule has 2 N–H and O–H groups in total. The summed E-state index contributed by atoms with van der Waals surface area (Å²) in [6.07, 6.45) is 4.43. The third-order valence-electron chi connectivity index (χ3n) is 3.39. The van der Waals surface area contributed by atoms with Crippen molar-refractivity contribution in [3.8, 4) is 5.75 Å². The molecule has 0 spiro atoms. The predicted octanol–water partition coefficient (Wildman–Crippen LogP) is 2.78. The third-order valence-corrected chi connectivity index (χ3v) is 3.39. The van der Waals surface area contributed by atoms with Gasteiger partial charge in [-0.25, -0.2) is 4.98 Å². The summed E-state index contributed by atoms with van der Waals surface area (Å²) >= 11 is 0. The molecule has 1 aromatic carbocycles. The number of nitrogens with one attached hydrogen (secondary N) is 1. The lowest BCUT2D eigenvalue weighted by Gasteiger charge is -2.01. The van der Waals surface area contributed by atoms with Crippen molar-refractivity contribution in [3.05, 3.63) is 71.7 Å². The Bertz CT molecular complexity index is 848. The Hall–Kier alpha value is -3.35. The molecule has 7 nitrogen and oxygen atoms in total. The number of hydrogen-bond donors (Lipinski definition) is 2. The number of ether oxygens (including phenoxy) is 1. The number of benzene rings is 1. The van der Waals surface area contributed by atoms with E-state index in [4.69, 9.17) is 9.15 Å². The Balaban J connectivity index is 1.70. The van der Waals surface area contributed by atoms with Crippen molar-refractivity contribution in [1.29, 1.82) is 0 Å². The highest BCUT2D eigenvalue weighted by Gasteiger charge is 2.12. The van der Waals surface area contributed by atoms with Crippen LogP contribution in [0, 0.1) is 0 Å². The second-order valence-electron chi connectivity index (χ2n) is 5.07. The zero-order chi connectivity index (χ0) is 16.9. The van der Waals surface area contributed by atoms with Gasteiger partial charge >= 0.3 is 0 Å². The van der Waals surface area contributed by atoms with Gasteiger partial charge in [-0.3, -0.25) is 9.89 Å². The number of allylic oxidation sites excluding steroid dienone is 1. The summed E-state index contributed by atoms with van der Waals surface area (Å²) in [5.74, 6) is 0.295. The standard InChI is InChI=1S/C17H15N3O4/c1-23-13-4-2-11(3-5-13)6-12-7-16(24-9-12)14(21)8-15(22)17-18-10-19-20-17/h2-5,7-10,22H,6H2,1H3,(H,18,19,20). The second kappa shape index (κ2) is 6.82. The highest BCUT2D eigenvalue weighted by Crippen LogP contribution is 2.18. The quantitative estimate of drug-likeness (QED) is 0.410. The van der Waals surface area contributed by atoms with E-state index in [1.54, 1.807) is 13.2 Å². The van der Waals surface area contributed by atoms with Crippen molar-refractivity contribution in [1.82, 2.24) is 15.2 Å². The van der Waals surface area contributed by atoms with Gasteiger partial charge < -0.3 is 14.3 Å². The molecule has 0 saturated heterocycles. The Morgan fingerprint density at radius 2 is 2.12 bits per heavy atom. The van der Waals surface area contributed by atoms with Crippen LogP contribution in [-0.2, 0) is 6.42 Å². The maximum absolute atomic E-state index is 12.1. The number of aromatic amines is 1. The number of aliphatic hydroxyl groups excluding tert-OH is 1. The van der Waals surface area contributed by atoms with Gasteiger partial charge in [-0.15, -0.1) is 0 Å². The second-order valence-corrected chi connectivity index (χ2v) is 5.07. The molecule has 24 heavy (non-hydrogen) atoms. The van der Waals surface area contributed by atoms with Crippen molar-refractivity contribution in [2.75, 3.05) is 7.11 Å². The first-order chi connectivity index (χ1) is 11.7. The first kappa shape index (κ1) is 15.5. The summed E-state index contributed by atoms with van der Waals surface area (Å²) in [6.45, 7) is 0. The molecule has 0 bridgehead atoms. The molecule has 0 atom stereocenters. The highest BCUT2D eigenvalue weighted by atomic mass is 16.5. The zero-order valence-corrected chi connectivity index (χ0v) is 12.9. The number of carbonyl (C=O) groups excluding carboxylic acids is 1. The molecule has 7 heteroatoms. The van der Waals surface area contributed by atoms with Crippen molar-refractivity contribution < 1.29 is 19.1 Å². The van der Waals surface area contributed by atoms with Crippen LogP contribution in [0.1, 0.15) is 27.5 Å². The number of H-pyrrole nitrogens is 1. The highest BCUT2D eigenvalue weighted by molar-refractivity contribution is 6.05. The van der Waals surface area contributed by atoms with Crippen molar-refractivity contribution in [2.45, 2.75) is 6.42 Å². The minimum absolute atomic E-state index is 0.119. The number of rotatable bonds is 6. The molecular formula is C17H15N3O4. The summed E-state index contributed by atoms with van der Waals surface area (Å²) in [7, 11) is 1.62. The fourth-order valence-electron chi connectivity index (χ4n) is 2.17. The SMILES string of the molecule is COc1ccc(Cc2coc(C(=O)C=C(O)c3ncn[nH]3)c2)cc1. The number of aliphatic hydroxyl groups is 1. The lowest BCUT2D eigenvalue weighted by Crippen LogP contribution is -1.96. The van der Waals surface area contributed by atoms with Crippen LogP contribution in [0.25, 0.3) is 5.76 Å². The first-order valence-electron chi connectivity index (χ1n) is 7.17. The van der Waals surface area contributed by atoms with Gasteiger partial charge in [0.05, 0.1) is 13.4 Å². The van der Waals surface area contributed by atoms with E-state index in [9.17, 15) is 9.90 Å². The number of furan rings is 1. The van der Waals surface area contributed by atoms with Gasteiger partial charge in [0.25, 0.3) is 0 Å². The van der Waals surface area contributed by atoms with Gasteiger partial charge in [0.15, 0.2) is 17.3 Å². The molecule has 0 saturated carbocycles. The molecular weight excluding hydrogens is 310 g/mol. The molecule has 122 valence electrons. The van der Waals surface area contributed by atoms with Crippen LogP contribution >= 0.6 is 0 Å². The van der Waals surface area contributed by atoms with Crippen LogP contribution in [-0.4, -0.2) is 33.2 Å². The van der Waals surface area contributed by atoms with E-state index in [-0.39, 0.29) is 17.3 Å². The topological polar surface area (TPSA) is 101 Å². The van der Waals surface area contributed by atoms with E-state index in [2.05, 4.69) is 15.2 Å². The average Bonchev–Trinajstić information content (AvgIpc) is 3.27. The Morgan fingerprint density at radius 3 is 2.79 bits per heavy atom. The lowest BCUT2D eigenvalue weighted by atomic mass is 10.1. The maximum Gasteiger partial charge on any atom is 0.224 e. The summed E-state index contributed by atoms with van der Waals surface area (Å²) in [5, 5.41) is 15.9. The maximum atomic E-state index is 12.1. The molecule has 3 aromatic rings. The van der Waals surface area contributed by atoms with Gasteiger partial charge in [-0.05, 0) is 29.3 Å². The van der Waals surface area contributed by atoms with Crippen molar-refractivity contribution in [3.63, 3.8) is 0 Å². The van der Waals surface area contributed by atoms with Crippen molar-refractivity contribution >= 4 is 11.5 Å². The van der Waals surface area contributed by atoms with Gasteiger partial charge in [0.1, 0.15) is 12.1 Å². The van der Waals surface area contributed by atoms with Gasteiger partial charge in [0, 0.05) is 12.5 Å². The summed E-state index contributed by atoms with van der Waals surface area (Å²) in [6, 6.07) is 9.29. The summed E-state index contributed by atoms with van der Waals surface area (Å²) < 4.78 is 10.4. The smallest absolute Gasteiger partial charge is 0.224 e. The Labute approximate surface area is 137 Å². The number of hydrogen-bond acceptors (Lipinski definition) is 6. The van der Waals surface area contributed by atoms with E-state index in [1.807, 2.05) is 24.3 Å². The fourth-order valence-corrected chi connectivity index (χ4v) is 2.17. The van der Waals surface area contributed by atoms with E-state index in [0.717, 1.165) is 23.0 Å². The lowest BCUT2D eigenvalue weighted by molar-refractivity contribution is 0.102. The van der Waals surface area contributed by atoms with E-state index < -0.39 is 5.78 Å². The molecule has 0 unspecified atom stereocenters. The van der Waals surface area contributed by atoms with E-state index in [0.29, 0.717) is 6.42 Å². The number of ketones is 1. The predicted molar refractivity (Wildman–Crippen MR) is 85.8 cm³/mol. The number of methoxy groups -OCH3 is 1. The van der Waals surface area contributed by atoms with Gasteiger partial charge in [-0.1, -0.05) is 12.1 Å². The van der Waals surface area contributed by atoms with Crippen LogP contribution < -0.4 is 4.74 Å². The molecule has 0 fully saturated rings. The zero-order valence-electron chi connectivity index (χ0n) is 12.9. The molecule has 0 aliphatic heterocycles. The molecule has 3 rings (SSSR count). The van der Waals surface area contributed by atoms with Crippen LogP contribution in [0.3, 0.4) is 0 Å². The molecule has 0 radical (unpaired) electrons. The van der Waals surface area contributed by atoms with E-state index in [1.165, 1.54) is 12.6 Å². The summed E-state index contributed by atoms with van der Waals surface area (Å²) in [4.78, 5) is 15.9. The third kappa shape index (κ3) is 3.52. The van der Waals surface area contributed by atoms with Crippen LogP contribution in [0.15, 0.2) is 53.4 Å². The normalized spacial score (nSPS) is 11.5.